The summed E-state index contributed by atoms with van der Waals surface area (Å²) in [4.78, 5) is 58.4. The molecule has 0 radical (unpaired) electrons. The van der Waals surface area contributed by atoms with Crippen LogP contribution in [0.4, 0.5) is 0 Å². The van der Waals surface area contributed by atoms with Crippen LogP contribution in [0.2, 0.25) is 0 Å². The van der Waals surface area contributed by atoms with Crippen LogP contribution in [0.5, 0.6) is 5.75 Å². The fourth-order valence-corrected chi connectivity index (χ4v) is 2.47. The number of nitrogens with two attached hydrogens (primary N) is 1. The fraction of sp³-hybridized carbons (Fsp3) is 0.421. The number of carboxylic acid groups (broad SMARTS) is 2. The number of aliphatic carboxylic acids is 2. The Balaban J connectivity index is 2.84. The smallest absolute Gasteiger partial charge is 0.326 e. The number of carbonyl (C=O) groups is 5. The van der Waals surface area contributed by atoms with E-state index in [2.05, 4.69) is 10.6 Å². The van der Waals surface area contributed by atoms with Gasteiger partial charge in [-0.25, -0.2) is 4.79 Å². The van der Waals surface area contributed by atoms with E-state index in [9.17, 15) is 34.2 Å². The van der Waals surface area contributed by atoms with Crippen LogP contribution >= 0.6 is 0 Å². The molecule has 3 amide bonds. The molecule has 0 saturated heterocycles. The molecule has 1 rings (SSSR count). The number of amides is 3. The zero-order chi connectivity index (χ0) is 24.4. The van der Waals surface area contributed by atoms with E-state index in [1.54, 1.807) is 0 Å². The largest absolute Gasteiger partial charge is 0.508 e. The molecule has 13 heteroatoms. The Morgan fingerprint density at radius 3 is 2.06 bits per heavy atom. The van der Waals surface area contributed by atoms with Crippen molar-refractivity contribution < 1.29 is 44.4 Å². The van der Waals surface area contributed by atoms with E-state index < -0.39 is 66.9 Å². The van der Waals surface area contributed by atoms with Crippen LogP contribution in [0.3, 0.4) is 0 Å². The fourth-order valence-electron chi connectivity index (χ4n) is 2.47. The zero-order valence-corrected chi connectivity index (χ0v) is 17.1. The number of hydrogen-bond donors (Lipinski definition) is 8. The second-order valence-corrected chi connectivity index (χ2v) is 6.97. The second-order valence-electron chi connectivity index (χ2n) is 6.97. The van der Waals surface area contributed by atoms with Gasteiger partial charge in [0.05, 0.1) is 19.1 Å². The summed E-state index contributed by atoms with van der Waals surface area (Å²) >= 11 is 0. The van der Waals surface area contributed by atoms with Gasteiger partial charge in [0, 0.05) is 6.42 Å². The molecule has 4 atom stereocenters. The molecule has 4 unspecified atom stereocenters. The van der Waals surface area contributed by atoms with Crippen molar-refractivity contribution in [3.8, 4) is 5.75 Å². The average molecular weight is 454 g/mol. The summed E-state index contributed by atoms with van der Waals surface area (Å²) in [5.41, 5.74) is 6.12. The molecule has 0 fully saturated rings. The third-order valence-corrected chi connectivity index (χ3v) is 4.27. The van der Waals surface area contributed by atoms with Crippen molar-refractivity contribution in [2.45, 2.75) is 44.0 Å². The highest BCUT2D eigenvalue weighted by Gasteiger charge is 2.27. The Bertz CT molecular complexity index is 842. The lowest BCUT2D eigenvalue weighted by Crippen LogP contribution is -2.56. The van der Waals surface area contributed by atoms with Crippen molar-refractivity contribution in [1.29, 1.82) is 0 Å². The Hall–Kier alpha value is -3.71. The van der Waals surface area contributed by atoms with Gasteiger partial charge < -0.3 is 42.1 Å². The molecule has 0 spiro atoms. The number of aliphatic hydroxyl groups is 1. The monoisotopic (exact) mass is 454 g/mol. The standard InChI is InChI=1S/C19H26N4O9/c1-9(24)16(20)18(30)23-12(6-10-2-4-11(25)5-3-10)17(29)21-8-14(26)22-13(19(31)32)7-15(27)28/h2-5,9,12-13,16,24-25H,6-8,20H2,1H3,(H,21,29)(H,22,26)(H,23,30)(H,27,28)(H,31,32). The summed E-state index contributed by atoms with van der Waals surface area (Å²) in [6.07, 6.45) is -2.10. The Labute approximate surface area is 182 Å². The summed E-state index contributed by atoms with van der Waals surface area (Å²) in [5.74, 6) is -5.60. The highest BCUT2D eigenvalue weighted by Crippen LogP contribution is 2.11. The number of aromatic hydroxyl groups is 1. The molecule has 0 saturated carbocycles. The number of carboxylic acids is 2. The summed E-state index contributed by atoms with van der Waals surface area (Å²) < 4.78 is 0. The maximum Gasteiger partial charge on any atom is 0.326 e. The molecule has 9 N–H and O–H groups in total. The van der Waals surface area contributed by atoms with Gasteiger partial charge in [0.2, 0.25) is 17.7 Å². The van der Waals surface area contributed by atoms with Crippen molar-refractivity contribution in [3.63, 3.8) is 0 Å². The maximum atomic E-state index is 12.6. The SMILES string of the molecule is CC(O)C(N)C(=O)NC(Cc1ccc(O)cc1)C(=O)NCC(=O)NC(CC(=O)O)C(=O)O. The van der Waals surface area contributed by atoms with Crippen LogP contribution in [0, 0.1) is 0 Å². The molecule has 1 aromatic rings. The van der Waals surface area contributed by atoms with Crippen molar-refractivity contribution in [1.82, 2.24) is 16.0 Å². The van der Waals surface area contributed by atoms with Crippen LogP contribution < -0.4 is 21.7 Å². The second kappa shape index (κ2) is 12.2. The van der Waals surface area contributed by atoms with E-state index in [4.69, 9.17) is 15.9 Å². The molecular formula is C19H26N4O9. The van der Waals surface area contributed by atoms with Crippen molar-refractivity contribution in [2.75, 3.05) is 6.54 Å². The molecule has 176 valence electrons. The third-order valence-electron chi connectivity index (χ3n) is 4.27. The first-order valence-corrected chi connectivity index (χ1v) is 9.44. The summed E-state index contributed by atoms with van der Waals surface area (Å²) in [6, 6.07) is 1.53. The van der Waals surface area contributed by atoms with Crippen LogP contribution in [0.15, 0.2) is 24.3 Å². The predicted molar refractivity (Wildman–Crippen MR) is 108 cm³/mol. The number of benzene rings is 1. The number of aliphatic hydroxyl groups excluding tert-OH is 1. The van der Waals surface area contributed by atoms with Crippen LogP contribution in [-0.2, 0) is 30.4 Å². The summed E-state index contributed by atoms with van der Waals surface area (Å²) in [5, 5.41) is 43.1. The van der Waals surface area contributed by atoms with Crippen LogP contribution in [-0.4, -0.2) is 80.9 Å². The zero-order valence-electron chi connectivity index (χ0n) is 17.1. The Kier molecular flexibility index (Phi) is 10.1. The molecule has 1 aromatic carbocycles. The molecule has 0 aliphatic rings. The van der Waals surface area contributed by atoms with Gasteiger partial charge in [0.15, 0.2) is 0 Å². The molecule has 0 bridgehead atoms. The number of nitrogens with one attached hydrogen (secondary N) is 3. The van der Waals surface area contributed by atoms with Crippen molar-refractivity contribution >= 4 is 29.7 Å². The number of rotatable bonds is 12. The molecular weight excluding hydrogens is 428 g/mol. The topological polar surface area (TPSA) is 228 Å². The normalized spacial score (nSPS) is 14.3. The molecule has 0 aliphatic heterocycles. The predicted octanol–water partition coefficient (Wildman–Crippen LogP) is -2.71. The molecule has 0 aliphatic carbocycles. The van der Waals surface area contributed by atoms with E-state index in [0.29, 0.717) is 5.56 Å². The minimum atomic E-state index is -1.69. The molecule has 32 heavy (non-hydrogen) atoms. The van der Waals surface area contributed by atoms with Crippen molar-refractivity contribution in [3.05, 3.63) is 29.8 Å². The van der Waals surface area contributed by atoms with Gasteiger partial charge in [0.1, 0.15) is 23.9 Å². The highest BCUT2D eigenvalue weighted by atomic mass is 16.4. The molecule has 0 aromatic heterocycles. The highest BCUT2D eigenvalue weighted by molar-refractivity contribution is 5.93. The minimum absolute atomic E-state index is 0.0130. The summed E-state index contributed by atoms with van der Waals surface area (Å²) in [7, 11) is 0. The Morgan fingerprint density at radius 2 is 1.56 bits per heavy atom. The van der Waals surface area contributed by atoms with E-state index in [1.807, 2.05) is 5.32 Å². The first kappa shape index (κ1) is 26.3. The number of carbonyl (C=O) groups excluding carboxylic acids is 3. The number of phenols is 1. The lowest BCUT2D eigenvalue weighted by molar-refractivity contribution is -0.147. The van der Waals surface area contributed by atoms with Crippen LogP contribution in [0.25, 0.3) is 0 Å². The van der Waals surface area contributed by atoms with Crippen LogP contribution in [0.1, 0.15) is 18.9 Å². The Morgan fingerprint density at radius 1 is 0.969 bits per heavy atom. The van der Waals surface area contributed by atoms with Gasteiger partial charge in [0.25, 0.3) is 0 Å². The maximum absolute atomic E-state index is 12.6. The summed E-state index contributed by atoms with van der Waals surface area (Å²) in [6.45, 7) is 0.603. The van der Waals surface area contributed by atoms with Gasteiger partial charge >= 0.3 is 11.9 Å². The van der Waals surface area contributed by atoms with Crippen molar-refractivity contribution in [2.24, 2.45) is 5.73 Å². The van der Waals surface area contributed by atoms with E-state index in [1.165, 1.54) is 31.2 Å². The van der Waals surface area contributed by atoms with Gasteiger partial charge in [-0.05, 0) is 24.6 Å². The first-order chi connectivity index (χ1) is 14.9. The average Bonchev–Trinajstić information content (AvgIpc) is 2.71. The number of phenolic OH excluding ortho intramolecular Hbond substituents is 1. The lowest BCUT2D eigenvalue weighted by Gasteiger charge is -2.22. The quantitative estimate of drug-likeness (QED) is 0.163. The molecule has 13 nitrogen and oxygen atoms in total. The third kappa shape index (κ3) is 8.97. The van der Waals surface area contributed by atoms with E-state index >= 15 is 0 Å². The minimum Gasteiger partial charge on any atom is -0.508 e. The van der Waals surface area contributed by atoms with Gasteiger partial charge in [-0.2, -0.15) is 0 Å². The van der Waals surface area contributed by atoms with Gasteiger partial charge in [-0.15, -0.1) is 0 Å². The van der Waals surface area contributed by atoms with Gasteiger partial charge in [-0.1, -0.05) is 12.1 Å². The van der Waals surface area contributed by atoms with Gasteiger partial charge in [-0.3, -0.25) is 19.2 Å². The number of hydrogen-bond acceptors (Lipinski definition) is 8. The lowest BCUT2D eigenvalue weighted by atomic mass is 10.0. The first-order valence-electron chi connectivity index (χ1n) is 9.44. The van der Waals surface area contributed by atoms with E-state index in [0.717, 1.165) is 0 Å². The molecule has 0 heterocycles. The van der Waals surface area contributed by atoms with E-state index in [-0.39, 0.29) is 12.2 Å².